The average Bonchev–Trinajstić information content (AvgIpc) is 2.20. The molecule has 0 unspecified atom stereocenters. The largest absolute Gasteiger partial charge is 0.274 e. The van der Waals surface area contributed by atoms with Crippen LogP contribution in [0.2, 0.25) is 5.02 Å². The lowest BCUT2D eigenvalue weighted by Crippen LogP contribution is -2.46. The van der Waals surface area contributed by atoms with E-state index in [9.17, 15) is 9.59 Å². The van der Waals surface area contributed by atoms with Crippen LogP contribution >= 0.6 is 34.2 Å². The Morgan fingerprint density at radius 1 is 1.22 bits per heavy atom. The molecule has 1 aliphatic heterocycles. The molecule has 0 aromatic heterocycles. The van der Waals surface area contributed by atoms with E-state index in [1.54, 1.807) is 12.1 Å². The number of amides is 2. The molecule has 1 saturated heterocycles. The zero-order valence-corrected chi connectivity index (χ0v) is 13.1. The number of halogens is 2. The number of piperidine rings is 1. The Kier molecular flexibility index (Phi) is 3.69. The molecule has 0 aliphatic carbocycles. The van der Waals surface area contributed by atoms with Crippen molar-refractivity contribution in [3.05, 3.63) is 26.8 Å². The van der Waals surface area contributed by atoms with Gasteiger partial charge in [0.15, 0.2) is 0 Å². The summed E-state index contributed by atoms with van der Waals surface area (Å²) in [4.78, 5) is 25.5. The Morgan fingerprint density at radius 2 is 1.78 bits per heavy atom. The molecule has 0 spiro atoms. The normalized spacial score (nSPS) is 19.2. The zero-order valence-electron chi connectivity index (χ0n) is 10.2. The van der Waals surface area contributed by atoms with Crippen LogP contribution in [-0.2, 0) is 9.59 Å². The van der Waals surface area contributed by atoms with Crippen molar-refractivity contribution in [1.82, 2.24) is 0 Å². The highest BCUT2D eigenvalue weighted by Crippen LogP contribution is 2.37. The number of anilines is 1. The quantitative estimate of drug-likeness (QED) is 0.554. The second kappa shape index (κ2) is 4.81. The lowest BCUT2D eigenvalue weighted by atomic mass is 9.81. The molecule has 1 aliphatic rings. The van der Waals surface area contributed by atoms with Gasteiger partial charge in [-0.15, -0.1) is 0 Å². The van der Waals surface area contributed by atoms with Gasteiger partial charge in [0, 0.05) is 16.4 Å². The highest BCUT2D eigenvalue weighted by atomic mass is 127. The maximum Gasteiger partial charge on any atom is 0.234 e. The van der Waals surface area contributed by atoms with Gasteiger partial charge in [-0.25, -0.2) is 4.90 Å². The Hall–Kier alpha value is -0.620. The Balaban J connectivity index is 2.42. The topological polar surface area (TPSA) is 37.4 Å². The molecule has 1 aromatic carbocycles. The number of rotatable bonds is 1. The molecule has 1 aromatic rings. The minimum atomic E-state index is -0.265. The molecule has 1 heterocycles. The molecule has 0 atom stereocenters. The monoisotopic (exact) mass is 377 g/mol. The first kappa shape index (κ1) is 13.8. The fourth-order valence-corrected chi connectivity index (χ4v) is 2.78. The number of hydrogen-bond acceptors (Lipinski definition) is 2. The number of benzene rings is 1. The van der Waals surface area contributed by atoms with Crippen LogP contribution < -0.4 is 4.90 Å². The van der Waals surface area contributed by atoms with Gasteiger partial charge in [-0.2, -0.15) is 0 Å². The number of hydrogen-bond donors (Lipinski definition) is 0. The number of nitrogens with zero attached hydrogens (tertiary/aromatic N) is 1. The highest BCUT2D eigenvalue weighted by molar-refractivity contribution is 14.1. The van der Waals surface area contributed by atoms with E-state index in [0.29, 0.717) is 23.6 Å². The van der Waals surface area contributed by atoms with E-state index < -0.39 is 0 Å². The Labute approximate surface area is 125 Å². The fourth-order valence-electron chi connectivity index (χ4n) is 2.10. The van der Waals surface area contributed by atoms with E-state index in [2.05, 4.69) is 22.6 Å². The van der Waals surface area contributed by atoms with E-state index in [1.807, 2.05) is 19.9 Å². The van der Waals surface area contributed by atoms with Crippen molar-refractivity contribution in [3.63, 3.8) is 0 Å². The molecule has 0 N–H and O–H groups in total. The molecular weight excluding hydrogens is 365 g/mol. The van der Waals surface area contributed by atoms with Crippen molar-refractivity contribution in [3.8, 4) is 0 Å². The minimum Gasteiger partial charge on any atom is -0.274 e. The van der Waals surface area contributed by atoms with Gasteiger partial charge < -0.3 is 0 Å². The van der Waals surface area contributed by atoms with Gasteiger partial charge >= 0.3 is 0 Å². The first-order chi connectivity index (χ1) is 8.30. The Morgan fingerprint density at radius 3 is 2.33 bits per heavy atom. The summed E-state index contributed by atoms with van der Waals surface area (Å²) in [6.07, 6.45) is 0.723. The summed E-state index contributed by atoms with van der Waals surface area (Å²) in [5, 5.41) is 0.428. The van der Waals surface area contributed by atoms with Gasteiger partial charge in [0.2, 0.25) is 11.8 Å². The van der Waals surface area contributed by atoms with Gasteiger partial charge in [-0.05, 0) is 46.2 Å². The molecule has 1 fully saturated rings. The lowest BCUT2D eigenvalue weighted by Gasteiger charge is -2.35. The fraction of sp³-hybridized carbons (Fsp3) is 0.385. The van der Waals surface area contributed by atoms with Crippen molar-refractivity contribution < 1.29 is 9.59 Å². The summed E-state index contributed by atoms with van der Waals surface area (Å²) in [6, 6.07) is 5.31. The van der Waals surface area contributed by atoms with Crippen LogP contribution in [0.5, 0.6) is 0 Å². The molecule has 0 saturated carbocycles. The van der Waals surface area contributed by atoms with Crippen LogP contribution in [0.3, 0.4) is 0 Å². The van der Waals surface area contributed by atoms with Crippen LogP contribution in [0.1, 0.15) is 26.7 Å². The lowest BCUT2D eigenvalue weighted by molar-refractivity contribution is -0.132. The Bertz CT molecular complexity index is 508. The minimum absolute atomic E-state index is 0.180. The molecule has 0 bridgehead atoms. The zero-order chi connectivity index (χ0) is 13.5. The molecule has 0 radical (unpaired) electrons. The van der Waals surface area contributed by atoms with Crippen molar-refractivity contribution in [2.24, 2.45) is 5.41 Å². The van der Waals surface area contributed by atoms with Gasteiger partial charge in [-0.1, -0.05) is 25.4 Å². The van der Waals surface area contributed by atoms with E-state index in [-0.39, 0.29) is 17.2 Å². The van der Waals surface area contributed by atoms with E-state index >= 15 is 0 Å². The summed E-state index contributed by atoms with van der Waals surface area (Å²) in [6.45, 7) is 3.85. The van der Waals surface area contributed by atoms with E-state index in [4.69, 9.17) is 11.6 Å². The molecule has 2 rings (SSSR count). The maximum atomic E-state index is 12.1. The highest BCUT2D eigenvalue weighted by Gasteiger charge is 2.38. The van der Waals surface area contributed by atoms with Crippen LogP contribution in [0, 0.1) is 8.99 Å². The predicted octanol–water partition coefficient (Wildman–Crippen LogP) is 3.62. The second-order valence-electron chi connectivity index (χ2n) is 5.24. The predicted molar refractivity (Wildman–Crippen MR) is 79.7 cm³/mol. The van der Waals surface area contributed by atoms with Gasteiger partial charge in [0.05, 0.1) is 10.7 Å². The first-order valence-corrected chi connectivity index (χ1v) is 7.07. The molecule has 2 amide bonds. The molecule has 3 nitrogen and oxygen atoms in total. The van der Waals surface area contributed by atoms with Crippen LogP contribution in [0.25, 0.3) is 0 Å². The third kappa shape index (κ3) is 2.69. The first-order valence-electron chi connectivity index (χ1n) is 5.61. The SMILES string of the molecule is CC1(C)CC(=O)N(c2cc(I)ccc2Cl)C(=O)C1. The third-order valence-corrected chi connectivity index (χ3v) is 3.90. The average molecular weight is 378 g/mol. The summed E-state index contributed by atoms with van der Waals surface area (Å²) < 4.78 is 0.942. The summed E-state index contributed by atoms with van der Waals surface area (Å²) >= 11 is 8.21. The number of imide groups is 1. The van der Waals surface area contributed by atoms with Crippen molar-refractivity contribution in [2.45, 2.75) is 26.7 Å². The summed E-state index contributed by atoms with van der Waals surface area (Å²) in [5.74, 6) is -0.361. The number of carbonyl (C=O) groups excluding carboxylic acids is 2. The van der Waals surface area contributed by atoms with Crippen LogP contribution in [0.4, 0.5) is 5.69 Å². The van der Waals surface area contributed by atoms with Gasteiger partial charge in [0.25, 0.3) is 0 Å². The van der Waals surface area contributed by atoms with Gasteiger partial charge in [-0.3, -0.25) is 9.59 Å². The molecule has 18 heavy (non-hydrogen) atoms. The van der Waals surface area contributed by atoms with Gasteiger partial charge in [0.1, 0.15) is 0 Å². The second-order valence-corrected chi connectivity index (χ2v) is 6.89. The van der Waals surface area contributed by atoms with Crippen LogP contribution in [0.15, 0.2) is 18.2 Å². The third-order valence-electron chi connectivity index (χ3n) is 2.91. The molecular formula is C13H13ClINO2. The smallest absolute Gasteiger partial charge is 0.234 e. The van der Waals surface area contributed by atoms with E-state index in [0.717, 1.165) is 3.57 Å². The van der Waals surface area contributed by atoms with E-state index in [1.165, 1.54) is 4.90 Å². The molecule has 96 valence electrons. The number of carbonyl (C=O) groups is 2. The van der Waals surface area contributed by atoms with Crippen LogP contribution in [-0.4, -0.2) is 11.8 Å². The molecule has 5 heteroatoms. The standard InChI is InChI=1S/C13H13ClINO2/c1-13(2)6-11(17)16(12(18)7-13)10-5-8(15)3-4-9(10)14/h3-5H,6-7H2,1-2H3. The van der Waals surface area contributed by atoms with Crippen molar-refractivity contribution in [2.75, 3.05) is 4.90 Å². The summed E-state index contributed by atoms with van der Waals surface area (Å²) in [7, 11) is 0. The van der Waals surface area contributed by atoms with Crippen molar-refractivity contribution >= 4 is 51.7 Å². The van der Waals surface area contributed by atoms with Crippen molar-refractivity contribution in [1.29, 1.82) is 0 Å². The summed E-state index contributed by atoms with van der Waals surface area (Å²) in [5.41, 5.74) is 0.230. The maximum absolute atomic E-state index is 12.1.